The molecular formula is C7H9Br2MgN. The maximum atomic E-state index is 3.03. The van der Waals surface area contributed by atoms with E-state index in [4.69, 9.17) is 0 Å². The summed E-state index contributed by atoms with van der Waals surface area (Å²) in [6.07, 6.45) is 0. The summed E-state index contributed by atoms with van der Waals surface area (Å²) in [5, 5.41) is 3.03. The molecule has 4 heteroatoms. The maximum absolute atomic E-state index is 3.03. The smallest absolute Gasteiger partial charge is 1.00 e. The average Bonchev–Trinajstić information content (AvgIpc) is 1.90. The molecule has 0 aromatic heterocycles. The van der Waals surface area contributed by atoms with Crippen LogP contribution in [0.2, 0.25) is 0 Å². The van der Waals surface area contributed by atoms with E-state index in [0.29, 0.717) is 0 Å². The molecule has 1 nitrogen and oxygen atoms in total. The van der Waals surface area contributed by atoms with Gasteiger partial charge in [0.25, 0.3) is 0 Å². The van der Waals surface area contributed by atoms with Crippen LogP contribution in [0.1, 0.15) is 0 Å². The molecule has 0 saturated heterocycles. The summed E-state index contributed by atoms with van der Waals surface area (Å²) in [6.45, 7) is 0. The van der Waals surface area contributed by atoms with E-state index in [9.17, 15) is 0 Å². The second-order valence-electron chi connectivity index (χ2n) is 1.62. The van der Waals surface area contributed by atoms with E-state index in [1.807, 2.05) is 37.4 Å². The van der Waals surface area contributed by atoms with Gasteiger partial charge in [-0.15, -0.1) is 0 Å². The summed E-state index contributed by atoms with van der Waals surface area (Å²) < 4.78 is 0. The topological polar surface area (TPSA) is 12.0 Å². The second kappa shape index (κ2) is 10.7. The first-order valence-electron chi connectivity index (χ1n) is 2.66. The van der Waals surface area contributed by atoms with Crippen LogP contribution >= 0.6 is 0 Å². The number of nitrogens with one attached hydrogen (secondary N) is 1. The molecule has 0 unspecified atom stereocenters. The minimum Gasteiger partial charge on any atom is -1.00 e. The van der Waals surface area contributed by atoms with Crippen LogP contribution in [-0.4, -0.2) is 30.1 Å². The zero-order chi connectivity index (χ0) is 5.82. The largest absolute Gasteiger partial charge is 2.00 e. The number of anilines is 1. The Kier molecular flexibility index (Phi) is 17.3. The zero-order valence-electron chi connectivity index (χ0n) is 6.35. The number of benzene rings is 1. The second-order valence-corrected chi connectivity index (χ2v) is 1.62. The van der Waals surface area contributed by atoms with E-state index in [1.165, 1.54) is 0 Å². The molecule has 0 atom stereocenters. The molecule has 11 heavy (non-hydrogen) atoms. The van der Waals surface area contributed by atoms with Crippen molar-refractivity contribution in [2.45, 2.75) is 0 Å². The van der Waals surface area contributed by atoms with E-state index in [-0.39, 0.29) is 57.0 Å². The molecule has 0 amide bonds. The van der Waals surface area contributed by atoms with Gasteiger partial charge in [0.1, 0.15) is 0 Å². The molecule has 1 rings (SSSR count). The van der Waals surface area contributed by atoms with Crippen molar-refractivity contribution < 1.29 is 34.0 Å². The van der Waals surface area contributed by atoms with Gasteiger partial charge < -0.3 is 39.3 Å². The SMILES string of the molecule is CNc1ccccc1.[Br-].[Br-].[Mg+2]. The summed E-state index contributed by atoms with van der Waals surface area (Å²) in [4.78, 5) is 0. The number of hydrogen-bond donors (Lipinski definition) is 1. The van der Waals surface area contributed by atoms with Gasteiger partial charge in [-0.25, -0.2) is 0 Å². The molecule has 0 bridgehead atoms. The zero-order valence-corrected chi connectivity index (χ0v) is 10.9. The van der Waals surface area contributed by atoms with Crippen molar-refractivity contribution in [2.75, 3.05) is 12.4 Å². The summed E-state index contributed by atoms with van der Waals surface area (Å²) in [7, 11) is 1.91. The fraction of sp³-hybridized carbons (Fsp3) is 0.143. The van der Waals surface area contributed by atoms with Crippen molar-refractivity contribution in [2.24, 2.45) is 0 Å². The van der Waals surface area contributed by atoms with E-state index >= 15 is 0 Å². The van der Waals surface area contributed by atoms with Crippen molar-refractivity contribution in [3.63, 3.8) is 0 Å². The van der Waals surface area contributed by atoms with Crippen LogP contribution in [-0.2, 0) is 0 Å². The van der Waals surface area contributed by atoms with Crippen molar-refractivity contribution in [3.05, 3.63) is 30.3 Å². The first-order valence-corrected chi connectivity index (χ1v) is 2.66. The molecule has 0 saturated carbocycles. The van der Waals surface area contributed by atoms with Crippen LogP contribution in [0.25, 0.3) is 0 Å². The molecule has 0 aliphatic carbocycles. The quantitative estimate of drug-likeness (QED) is 0.513. The minimum atomic E-state index is 0. The predicted molar refractivity (Wildman–Crippen MR) is 41.7 cm³/mol. The standard InChI is InChI=1S/C7H9N.2BrH.Mg/c1-8-7-5-3-2-4-6-7;;;/h2-6,8H,1H3;2*1H;/q;;;+2/p-2. The monoisotopic (exact) mass is 289 g/mol. The third kappa shape index (κ3) is 7.12. The van der Waals surface area contributed by atoms with Crippen LogP contribution in [0.15, 0.2) is 30.3 Å². The van der Waals surface area contributed by atoms with Crippen molar-refractivity contribution in [3.8, 4) is 0 Å². The third-order valence-corrected chi connectivity index (χ3v) is 1.06. The fourth-order valence-electron chi connectivity index (χ4n) is 0.605. The van der Waals surface area contributed by atoms with Crippen molar-refractivity contribution in [1.82, 2.24) is 0 Å². The molecule has 0 heterocycles. The van der Waals surface area contributed by atoms with E-state index in [2.05, 4.69) is 5.32 Å². The molecule has 0 radical (unpaired) electrons. The normalized spacial score (nSPS) is 6.27. The van der Waals surface area contributed by atoms with Gasteiger partial charge in [-0.05, 0) is 12.1 Å². The van der Waals surface area contributed by atoms with Gasteiger partial charge in [-0.3, -0.25) is 0 Å². The molecule has 0 aliphatic rings. The molecule has 1 aromatic carbocycles. The van der Waals surface area contributed by atoms with Crippen LogP contribution < -0.4 is 39.3 Å². The number of halogens is 2. The predicted octanol–water partition coefficient (Wildman–Crippen LogP) is -4.64. The van der Waals surface area contributed by atoms with Crippen LogP contribution in [0.5, 0.6) is 0 Å². The molecule has 58 valence electrons. The summed E-state index contributed by atoms with van der Waals surface area (Å²) in [5.74, 6) is 0. The minimum absolute atomic E-state index is 0. The molecule has 0 spiro atoms. The van der Waals surface area contributed by atoms with Gasteiger partial charge in [0.15, 0.2) is 0 Å². The Hall–Kier alpha value is 0.746. The first kappa shape index (κ1) is 17.7. The maximum Gasteiger partial charge on any atom is 2.00 e. The fourth-order valence-corrected chi connectivity index (χ4v) is 0.605. The van der Waals surface area contributed by atoms with E-state index in [0.717, 1.165) is 5.69 Å². The van der Waals surface area contributed by atoms with Gasteiger partial charge in [0, 0.05) is 12.7 Å². The third-order valence-electron chi connectivity index (χ3n) is 1.06. The molecule has 1 N–H and O–H groups in total. The van der Waals surface area contributed by atoms with Crippen molar-refractivity contribution in [1.29, 1.82) is 0 Å². The Bertz CT molecular complexity index is 158. The van der Waals surface area contributed by atoms with Crippen molar-refractivity contribution >= 4 is 28.7 Å². The van der Waals surface area contributed by atoms with Gasteiger partial charge in [0.2, 0.25) is 0 Å². The summed E-state index contributed by atoms with van der Waals surface area (Å²) in [5.41, 5.74) is 1.16. The Labute approximate surface area is 105 Å². The molecule has 1 aromatic rings. The summed E-state index contributed by atoms with van der Waals surface area (Å²) in [6, 6.07) is 10.1. The average molecular weight is 291 g/mol. The number of para-hydroxylation sites is 1. The Morgan fingerprint density at radius 2 is 1.45 bits per heavy atom. The Morgan fingerprint density at radius 1 is 1.00 bits per heavy atom. The van der Waals surface area contributed by atoms with Gasteiger partial charge in [-0.1, -0.05) is 18.2 Å². The Morgan fingerprint density at radius 3 is 1.73 bits per heavy atom. The number of rotatable bonds is 1. The van der Waals surface area contributed by atoms with Gasteiger partial charge in [-0.2, -0.15) is 0 Å². The molecule has 0 aliphatic heterocycles. The molecular weight excluding hydrogens is 282 g/mol. The van der Waals surface area contributed by atoms with Gasteiger partial charge >= 0.3 is 23.1 Å². The van der Waals surface area contributed by atoms with Crippen LogP contribution in [0, 0.1) is 0 Å². The molecule has 0 fully saturated rings. The van der Waals surface area contributed by atoms with E-state index < -0.39 is 0 Å². The van der Waals surface area contributed by atoms with Crippen LogP contribution in [0.4, 0.5) is 5.69 Å². The Balaban J connectivity index is -0.000000213. The first-order chi connectivity index (χ1) is 3.93. The number of hydrogen-bond acceptors (Lipinski definition) is 1. The summed E-state index contributed by atoms with van der Waals surface area (Å²) >= 11 is 0. The van der Waals surface area contributed by atoms with E-state index in [1.54, 1.807) is 0 Å². The van der Waals surface area contributed by atoms with Gasteiger partial charge in [0.05, 0.1) is 0 Å². The van der Waals surface area contributed by atoms with Crippen LogP contribution in [0.3, 0.4) is 0 Å².